The molecule has 2 fully saturated rings. The summed E-state index contributed by atoms with van der Waals surface area (Å²) in [6, 6.07) is 4.16. The summed E-state index contributed by atoms with van der Waals surface area (Å²) < 4.78 is 10.8. The Balaban J connectivity index is 1.63. The van der Waals surface area contributed by atoms with E-state index in [0.29, 0.717) is 28.6 Å². The predicted molar refractivity (Wildman–Crippen MR) is 85.5 cm³/mol. The van der Waals surface area contributed by atoms with Crippen molar-refractivity contribution in [3.8, 4) is 5.75 Å². The smallest absolute Gasteiger partial charge is 0.139 e. The molecule has 0 amide bonds. The van der Waals surface area contributed by atoms with Crippen molar-refractivity contribution in [3.05, 3.63) is 23.5 Å². The lowest BCUT2D eigenvalue weighted by atomic mass is 10.0. The van der Waals surface area contributed by atoms with E-state index in [1.165, 1.54) is 0 Å². The Morgan fingerprint density at radius 3 is 2.73 bits per heavy atom. The van der Waals surface area contributed by atoms with E-state index in [4.69, 9.17) is 21.1 Å². The number of rotatable bonds is 3. The molecule has 5 nitrogen and oxygen atoms in total. The van der Waals surface area contributed by atoms with E-state index in [9.17, 15) is 0 Å². The van der Waals surface area contributed by atoms with Crippen molar-refractivity contribution in [1.29, 1.82) is 0 Å². The van der Waals surface area contributed by atoms with E-state index < -0.39 is 0 Å². The van der Waals surface area contributed by atoms with Gasteiger partial charge < -0.3 is 14.8 Å². The molecule has 1 N–H and O–H groups in total. The SMILES string of the molecule is COc1cc2ncnc(NC3CC4COCC4C3)c2cc1Cl. The first-order valence-electron chi connectivity index (χ1n) is 7.57. The van der Waals surface area contributed by atoms with Crippen LogP contribution < -0.4 is 10.1 Å². The molecular formula is C16H18ClN3O2. The highest BCUT2D eigenvalue weighted by atomic mass is 35.5. The van der Waals surface area contributed by atoms with Gasteiger partial charge in [0.1, 0.15) is 17.9 Å². The minimum atomic E-state index is 0.442. The topological polar surface area (TPSA) is 56.3 Å². The molecule has 1 aliphatic carbocycles. The number of benzene rings is 1. The highest BCUT2D eigenvalue weighted by Gasteiger charge is 2.38. The van der Waals surface area contributed by atoms with Gasteiger partial charge >= 0.3 is 0 Å². The van der Waals surface area contributed by atoms with Crippen LogP contribution in [-0.2, 0) is 4.74 Å². The number of nitrogens with one attached hydrogen (secondary N) is 1. The van der Waals surface area contributed by atoms with Crippen molar-refractivity contribution in [1.82, 2.24) is 9.97 Å². The van der Waals surface area contributed by atoms with E-state index >= 15 is 0 Å². The van der Waals surface area contributed by atoms with E-state index in [1.807, 2.05) is 12.1 Å². The van der Waals surface area contributed by atoms with Gasteiger partial charge in [0.15, 0.2) is 0 Å². The zero-order valence-electron chi connectivity index (χ0n) is 12.4. The minimum Gasteiger partial charge on any atom is -0.495 e. The Kier molecular flexibility index (Phi) is 3.54. The highest BCUT2D eigenvalue weighted by Crippen LogP contribution is 2.39. The summed E-state index contributed by atoms with van der Waals surface area (Å²) in [5.74, 6) is 2.86. The van der Waals surface area contributed by atoms with Crippen LogP contribution in [0.1, 0.15) is 12.8 Å². The van der Waals surface area contributed by atoms with Crippen molar-refractivity contribution in [2.24, 2.45) is 11.8 Å². The average molecular weight is 320 g/mol. The molecule has 22 heavy (non-hydrogen) atoms. The summed E-state index contributed by atoms with van der Waals surface area (Å²) in [6.45, 7) is 1.80. The molecule has 1 saturated carbocycles. The quantitative estimate of drug-likeness (QED) is 0.942. The molecule has 1 saturated heterocycles. The van der Waals surface area contributed by atoms with Crippen molar-refractivity contribution < 1.29 is 9.47 Å². The largest absolute Gasteiger partial charge is 0.495 e. The number of hydrogen-bond donors (Lipinski definition) is 1. The first-order valence-corrected chi connectivity index (χ1v) is 7.95. The van der Waals surface area contributed by atoms with Gasteiger partial charge in [-0.3, -0.25) is 0 Å². The van der Waals surface area contributed by atoms with Crippen molar-refractivity contribution in [3.63, 3.8) is 0 Å². The Hall–Kier alpha value is -1.59. The minimum absolute atomic E-state index is 0.442. The zero-order chi connectivity index (χ0) is 15.1. The normalized spacial score (nSPS) is 27.1. The van der Waals surface area contributed by atoms with E-state index in [-0.39, 0.29) is 0 Å². The van der Waals surface area contributed by atoms with E-state index in [1.54, 1.807) is 13.4 Å². The third-order valence-corrected chi connectivity index (χ3v) is 5.05. The Labute approximate surface area is 134 Å². The molecule has 2 unspecified atom stereocenters. The summed E-state index contributed by atoms with van der Waals surface area (Å²) in [5, 5.41) is 5.08. The fourth-order valence-electron chi connectivity index (χ4n) is 3.63. The molecule has 1 aliphatic heterocycles. The Morgan fingerprint density at radius 2 is 2.00 bits per heavy atom. The summed E-state index contributed by atoms with van der Waals surface area (Å²) in [5.41, 5.74) is 0.834. The molecule has 0 bridgehead atoms. The highest BCUT2D eigenvalue weighted by molar-refractivity contribution is 6.33. The number of anilines is 1. The fourth-order valence-corrected chi connectivity index (χ4v) is 3.87. The predicted octanol–water partition coefficient (Wildman–Crippen LogP) is 3.13. The lowest BCUT2D eigenvalue weighted by Gasteiger charge is -2.16. The summed E-state index contributed by atoms with van der Waals surface area (Å²) >= 11 is 6.25. The average Bonchev–Trinajstić information content (AvgIpc) is 3.08. The standard InChI is InChI=1S/C16H18ClN3O2/c1-21-15-5-14-12(4-13(15)17)16(19-8-18-14)20-11-2-9-6-22-7-10(9)3-11/h4-5,8-11H,2-3,6-7H2,1H3,(H,18,19,20). The van der Waals surface area contributed by atoms with Crippen molar-refractivity contribution in [2.45, 2.75) is 18.9 Å². The molecule has 4 rings (SSSR count). The van der Waals surface area contributed by atoms with Gasteiger partial charge in [-0.05, 0) is 30.7 Å². The van der Waals surface area contributed by atoms with Gasteiger partial charge in [-0.15, -0.1) is 0 Å². The molecule has 1 aromatic heterocycles. The fraction of sp³-hybridized carbons (Fsp3) is 0.500. The maximum absolute atomic E-state index is 6.25. The summed E-state index contributed by atoms with van der Waals surface area (Å²) in [7, 11) is 1.60. The number of methoxy groups -OCH3 is 1. The van der Waals surface area contributed by atoms with Gasteiger partial charge in [-0.25, -0.2) is 9.97 Å². The van der Waals surface area contributed by atoms with E-state index in [2.05, 4.69) is 15.3 Å². The molecule has 116 valence electrons. The molecule has 2 heterocycles. The van der Waals surface area contributed by atoms with Crippen LogP contribution in [0.3, 0.4) is 0 Å². The van der Waals surface area contributed by atoms with Crippen LogP contribution in [0.25, 0.3) is 10.9 Å². The Bertz CT molecular complexity index is 697. The van der Waals surface area contributed by atoms with Crippen molar-refractivity contribution in [2.75, 3.05) is 25.6 Å². The van der Waals surface area contributed by atoms with E-state index in [0.717, 1.165) is 42.8 Å². The van der Waals surface area contributed by atoms with Crippen LogP contribution in [0.2, 0.25) is 5.02 Å². The number of aromatic nitrogens is 2. The second kappa shape index (κ2) is 5.56. The lowest BCUT2D eigenvalue weighted by molar-refractivity contribution is 0.172. The first kappa shape index (κ1) is 14.0. The molecule has 0 radical (unpaired) electrons. The van der Waals surface area contributed by atoms with Gasteiger partial charge in [-0.1, -0.05) is 11.6 Å². The maximum Gasteiger partial charge on any atom is 0.139 e. The number of hydrogen-bond acceptors (Lipinski definition) is 5. The van der Waals surface area contributed by atoms with Gasteiger partial charge in [0.05, 0.1) is 17.6 Å². The van der Waals surface area contributed by atoms with Crippen LogP contribution in [0.15, 0.2) is 18.5 Å². The number of nitrogens with zero attached hydrogens (tertiary/aromatic N) is 2. The molecular weight excluding hydrogens is 302 g/mol. The van der Waals surface area contributed by atoms with Crippen LogP contribution in [-0.4, -0.2) is 36.3 Å². The Morgan fingerprint density at radius 1 is 1.23 bits per heavy atom. The van der Waals surface area contributed by atoms with Crippen LogP contribution in [0.4, 0.5) is 5.82 Å². The van der Waals surface area contributed by atoms with Gasteiger partial charge in [0.2, 0.25) is 0 Å². The van der Waals surface area contributed by atoms with Gasteiger partial charge in [0.25, 0.3) is 0 Å². The van der Waals surface area contributed by atoms with Crippen molar-refractivity contribution >= 4 is 28.3 Å². The number of ether oxygens (including phenoxy) is 2. The molecule has 0 spiro atoms. The molecule has 1 aromatic carbocycles. The van der Waals surface area contributed by atoms with Crippen LogP contribution in [0.5, 0.6) is 5.75 Å². The molecule has 2 aromatic rings. The van der Waals surface area contributed by atoms with Gasteiger partial charge in [0, 0.05) is 30.7 Å². The monoisotopic (exact) mass is 319 g/mol. The summed E-state index contributed by atoms with van der Waals surface area (Å²) in [4.78, 5) is 8.72. The number of halogens is 1. The van der Waals surface area contributed by atoms with Crippen LogP contribution in [0, 0.1) is 11.8 Å². The van der Waals surface area contributed by atoms with Gasteiger partial charge in [-0.2, -0.15) is 0 Å². The third kappa shape index (κ3) is 2.38. The molecule has 2 aliphatic rings. The number of fused-ring (bicyclic) bond motifs is 2. The molecule has 2 atom stereocenters. The molecule has 6 heteroatoms. The first-order chi connectivity index (χ1) is 10.7. The maximum atomic E-state index is 6.25. The lowest BCUT2D eigenvalue weighted by Crippen LogP contribution is -2.18. The zero-order valence-corrected chi connectivity index (χ0v) is 13.1. The second-order valence-electron chi connectivity index (χ2n) is 6.10. The summed E-state index contributed by atoms with van der Waals surface area (Å²) in [6.07, 6.45) is 3.86. The third-order valence-electron chi connectivity index (χ3n) is 4.75. The second-order valence-corrected chi connectivity index (χ2v) is 6.50. The van der Waals surface area contributed by atoms with Crippen LogP contribution >= 0.6 is 11.6 Å².